The largest absolute Gasteiger partial charge is 0.382 e. The predicted molar refractivity (Wildman–Crippen MR) is 95.7 cm³/mol. The summed E-state index contributed by atoms with van der Waals surface area (Å²) in [5.41, 5.74) is 1.57. The van der Waals surface area contributed by atoms with Gasteiger partial charge in [-0.3, -0.25) is 9.59 Å². The van der Waals surface area contributed by atoms with Crippen LogP contribution in [-0.4, -0.2) is 24.0 Å². The van der Waals surface area contributed by atoms with E-state index in [0.717, 1.165) is 46.7 Å². The third-order valence-electron chi connectivity index (χ3n) is 4.51. The lowest BCUT2D eigenvalue weighted by molar-refractivity contribution is -0.125. The standard InChI is InChI=1S/C17H20BrN3O2/c1-19-17(23)10-2-5-12(6-3-10)20-15-9-16(22)21-14-7-4-11(18)8-13(14)15/h4,7-10,12H,2-3,5-6H2,1H3,(H,19,23)(H2,20,21,22)/t10-,12+. The maximum Gasteiger partial charge on any atom is 0.250 e. The van der Waals surface area contributed by atoms with Gasteiger partial charge in [0, 0.05) is 40.6 Å². The van der Waals surface area contributed by atoms with Crippen molar-refractivity contribution in [2.45, 2.75) is 31.7 Å². The molecule has 1 saturated carbocycles. The Labute approximate surface area is 143 Å². The van der Waals surface area contributed by atoms with E-state index in [1.807, 2.05) is 18.2 Å². The summed E-state index contributed by atoms with van der Waals surface area (Å²) in [6.07, 6.45) is 3.62. The normalized spacial score (nSPS) is 21.1. The van der Waals surface area contributed by atoms with Crippen molar-refractivity contribution in [3.05, 3.63) is 39.1 Å². The van der Waals surface area contributed by atoms with E-state index in [9.17, 15) is 9.59 Å². The summed E-state index contributed by atoms with van der Waals surface area (Å²) in [6, 6.07) is 7.72. The summed E-state index contributed by atoms with van der Waals surface area (Å²) in [4.78, 5) is 26.4. The van der Waals surface area contributed by atoms with Crippen LogP contribution in [0.25, 0.3) is 10.9 Å². The molecule has 1 heterocycles. The quantitative estimate of drug-likeness (QED) is 0.769. The van der Waals surface area contributed by atoms with Gasteiger partial charge >= 0.3 is 0 Å². The zero-order valence-electron chi connectivity index (χ0n) is 13.0. The fraction of sp³-hybridized carbons (Fsp3) is 0.412. The van der Waals surface area contributed by atoms with Gasteiger partial charge in [0.05, 0.1) is 5.52 Å². The Balaban J connectivity index is 1.79. The highest BCUT2D eigenvalue weighted by Crippen LogP contribution is 2.29. The van der Waals surface area contributed by atoms with Crippen LogP contribution >= 0.6 is 15.9 Å². The van der Waals surface area contributed by atoms with Crippen LogP contribution in [0, 0.1) is 5.92 Å². The van der Waals surface area contributed by atoms with Crippen LogP contribution in [0.3, 0.4) is 0 Å². The van der Waals surface area contributed by atoms with Gasteiger partial charge in [-0.05, 0) is 43.9 Å². The Morgan fingerprint density at radius 2 is 1.96 bits per heavy atom. The second-order valence-corrected chi connectivity index (χ2v) is 6.96. The van der Waals surface area contributed by atoms with E-state index in [0.29, 0.717) is 6.04 Å². The summed E-state index contributed by atoms with van der Waals surface area (Å²) in [5, 5.41) is 7.22. The van der Waals surface area contributed by atoms with E-state index in [1.165, 1.54) is 0 Å². The summed E-state index contributed by atoms with van der Waals surface area (Å²) in [6.45, 7) is 0. The smallest absolute Gasteiger partial charge is 0.250 e. The number of nitrogens with one attached hydrogen (secondary N) is 3. The first-order chi connectivity index (χ1) is 11.1. The second kappa shape index (κ2) is 6.74. The number of H-pyrrole nitrogens is 1. The third-order valence-corrected chi connectivity index (χ3v) is 5.00. The zero-order chi connectivity index (χ0) is 16.4. The molecular formula is C17H20BrN3O2. The molecule has 122 valence electrons. The van der Waals surface area contributed by atoms with Crippen LogP contribution in [-0.2, 0) is 4.79 Å². The Hall–Kier alpha value is -1.82. The van der Waals surface area contributed by atoms with Gasteiger partial charge in [-0.2, -0.15) is 0 Å². The van der Waals surface area contributed by atoms with Crippen LogP contribution < -0.4 is 16.2 Å². The summed E-state index contributed by atoms with van der Waals surface area (Å²) < 4.78 is 0.975. The van der Waals surface area contributed by atoms with Gasteiger partial charge in [-0.1, -0.05) is 15.9 Å². The Morgan fingerprint density at radius 1 is 1.22 bits per heavy atom. The first-order valence-electron chi connectivity index (χ1n) is 7.87. The average Bonchev–Trinajstić information content (AvgIpc) is 2.55. The molecule has 0 saturated heterocycles. The number of amides is 1. The minimum absolute atomic E-state index is 0.110. The number of aromatic amines is 1. The van der Waals surface area contributed by atoms with E-state index in [-0.39, 0.29) is 17.4 Å². The van der Waals surface area contributed by atoms with E-state index in [2.05, 4.69) is 31.5 Å². The number of halogens is 1. The number of fused-ring (bicyclic) bond motifs is 1. The van der Waals surface area contributed by atoms with E-state index < -0.39 is 0 Å². The van der Waals surface area contributed by atoms with E-state index in [4.69, 9.17) is 0 Å². The molecule has 1 aliphatic rings. The number of hydrogen-bond acceptors (Lipinski definition) is 3. The molecule has 3 N–H and O–H groups in total. The Morgan fingerprint density at radius 3 is 2.65 bits per heavy atom. The van der Waals surface area contributed by atoms with Crippen molar-refractivity contribution >= 4 is 38.4 Å². The van der Waals surface area contributed by atoms with Crippen molar-refractivity contribution in [2.24, 2.45) is 5.92 Å². The molecule has 0 bridgehead atoms. The molecule has 3 rings (SSSR count). The fourth-order valence-electron chi connectivity index (χ4n) is 3.27. The number of rotatable bonds is 3. The molecule has 0 spiro atoms. The highest BCUT2D eigenvalue weighted by atomic mass is 79.9. The van der Waals surface area contributed by atoms with Crippen LogP contribution in [0.1, 0.15) is 25.7 Å². The number of hydrogen-bond donors (Lipinski definition) is 3. The Bertz CT molecular complexity index is 779. The number of aromatic nitrogens is 1. The Kier molecular flexibility index (Phi) is 4.71. The molecule has 1 aromatic heterocycles. The first-order valence-corrected chi connectivity index (χ1v) is 8.67. The minimum Gasteiger partial charge on any atom is -0.382 e. The second-order valence-electron chi connectivity index (χ2n) is 6.04. The van der Waals surface area contributed by atoms with Crippen molar-refractivity contribution in [2.75, 3.05) is 12.4 Å². The average molecular weight is 378 g/mol. The first kappa shape index (κ1) is 16.1. The van der Waals surface area contributed by atoms with Crippen molar-refractivity contribution in [3.63, 3.8) is 0 Å². The molecule has 1 aliphatic carbocycles. The van der Waals surface area contributed by atoms with Gasteiger partial charge in [-0.15, -0.1) is 0 Å². The molecule has 1 amide bonds. The molecule has 0 aliphatic heterocycles. The summed E-state index contributed by atoms with van der Waals surface area (Å²) in [7, 11) is 1.69. The highest BCUT2D eigenvalue weighted by molar-refractivity contribution is 9.10. The van der Waals surface area contributed by atoms with Gasteiger partial charge in [0.2, 0.25) is 11.5 Å². The number of benzene rings is 1. The van der Waals surface area contributed by atoms with Gasteiger partial charge in [0.15, 0.2) is 0 Å². The van der Waals surface area contributed by atoms with Crippen LogP contribution in [0.2, 0.25) is 0 Å². The lowest BCUT2D eigenvalue weighted by atomic mass is 9.85. The van der Waals surface area contributed by atoms with E-state index >= 15 is 0 Å². The van der Waals surface area contributed by atoms with Gasteiger partial charge < -0.3 is 15.6 Å². The third kappa shape index (κ3) is 3.58. The molecular weight excluding hydrogens is 358 g/mol. The lowest BCUT2D eigenvalue weighted by Crippen LogP contribution is -2.34. The van der Waals surface area contributed by atoms with Crippen molar-refractivity contribution in [3.8, 4) is 0 Å². The van der Waals surface area contributed by atoms with Gasteiger partial charge in [-0.25, -0.2) is 0 Å². The van der Waals surface area contributed by atoms with Gasteiger partial charge in [0.1, 0.15) is 0 Å². The minimum atomic E-state index is -0.110. The molecule has 1 fully saturated rings. The van der Waals surface area contributed by atoms with E-state index in [1.54, 1.807) is 13.1 Å². The van der Waals surface area contributed by atoms with Crippen molar-refractivity contribution in [1.29, 1.82) is 0 Å². The maximum atomic E-state index is 11.9. The molecule has 6 heteroatoms. The monoisotopic (exact) mass is 377 g/mol. The summed E-state index contributed by atoms with van der Waals surface area (Å²) in [5.74, 6) is 0.247. The molecule has 5 nitrogen and oxygen atoms in total. The molecule has 0 atom stereocenters. The lowest BCUT2D eigenvalue weighted by Gasteiger charge is -2.29. The molecule has 0 unspecified atom stereocenters. The SMILES string of the molecule is CNC(=O)[C@H]1CC[C@@H](Nc2cc(=O)[nH]c3ccc(Br)cc23)CC1. The highest BCUT2D eigenvalue weighted by Gasteiger charge is 2.25. The number of anilines is 1. The van der Waals surface area contributed by atoms with Crippen LogP contribution in [0.15, 0.2) is 33.5 Å². The van der Waals surface area contributed by atoms with Crippen molar-refractivity contribution < 1.29 is 4.79 Å². The maximum absolute atomic E-state index is 11.9. The molecule has 2 aromatic rings. The van der Waals surface area contributed by atoms with Crippen LogP contribution in [0.4, 0.5) is 5.69 Å². The van der Waals surface area contributed by atoms with Crippen molar-refractivity contribution in [1.82, 2.24) is 10.3 Å². The number of carbonyl (C=O) groups is 1. The summed E-state index contributed by atoms with van der Waals surface area (Å²) >= 11 is 3.48. The number of carbonyl (C=O) groups excluding carboxylic acids is 1. The molecule has 23 heavy (non-hydrogen) atoms. The molecule has 0 radical (unpaired) electrons. The topological polar surface area (TPSA) is 74.0 Å². The number of pyridine rings is 1. The molecule has 1 aromatic carbocycles. The van der Waals surface area contributed by atoms with Gasteiger partial charge in [0.25, 0.3) is 0 Å². The predicted octanol–water partition coefficient (Wildman–Crippen LogP) is 3.01. The van der Waals surface area contributed by atoms with Crippen LogP contribution in [0.5, 0.6) is 0 Å². The fourth-order valence-corrected chi connectivity index (χ4v) is 3.63. The zero-order valence-corrected chi connectivity index (χ0v) is 14.6.